The molecule has 0 fully saturated rings. The molecule has 0 saturated carbocycles. The van der Waals surface area contributed by atoms with Crippen molar-refractivity contribution in [1.29, 1.82) is 0 Å². The molecule has 0 unspecified atom stereocenters. The summed E-state index contributed by atoms with van der Waals surface area (Å²) in [5.74, 6) is 0.252. The first-order valence-electron chi connectivity index (χ1n) is 6.16. The van der Waals surface area contributed by atoms with E-state index >= 15 is 0 Å². The first kappa shape index (κ1) is 12.7. The molecule has 0 bridgehead atoms. The molecule has 1 heterocycles. The third-order valence-electron chi connectivity index (χ3n) is 3.01. The Morgan fingerprint density at radius 3 is 2.60 bits per heavy atom. The number of aromatic nitrogens is 3. The number of phenolic OH excluding ortho intramolecular Hbond substituents is 1. The number of hydrogen-bond acceptors (Lipinski definition) is 3. The third-order valence-corrected chi connectivity index (χ3v) is 3.34. The molecule has 0 atom stereocenters. The Bertz CT molecular complexity index is 739. The normalized spacial score (nSPS) is 10.7. The predicted octanol–water partition coefficient (Wildman–Crippen LogP) is 3.35. The van der Waals surface area contributed by atoms with Gasteiger partial charge in [0.15, 0.2) is 0 Å². The second kappa shape index (κ2) is 5.35. The van der Waals surface area contributed by atoms with Gasteiger partial charge in [0, 0.05) is 11.1 Å². The van der Waals surface area contributed by atoms with Crippen molar-refractivity contribution in [1.82, 2.24) is 15.0 Å². The lowest BCUT2D eigenvalue weighted by Gasteiger charge is -2.03. The number of rotatable bonds is 3. The minimum atomic E-state index is 0.252. The monoisotopic (exact) mass is 285 g/mol. The number of nitrogens with zero attached hydrogens (tertiary/aromatic N) is 3. The van der Waals surface area contributed by atoms with Gasteiger partial charge in [-0.25, -0.2) is 4.68 Å². The van der Waals surface area contributed by atoms with Gasteiger partial charge in [0.25, 0.3) is 0 Å². The van der Waals surface area contributed by atoms with E-state index in [0.717, 1.165) is 11.1 Å². The lowest BCUT2D eigenvalue weighted by Crippen LogP contribution is -2.00. The largest absolute Gasteiger partial charge is 0.508 e. The minimum Gasteiger partial charge on any atom is -0.508 e. The number of benzene rings is 2. The van der Waals surface area contributed by atoms with E-state index in [1.54, 1.807) is 16.8 Å². The molecule has 0 aliphatic heterocycles. The van der Waals surface area contributed by atoms with Crippen LogP contribution < -0.4 is 0 Å². The van der Waals surface area contributed by atoms with E-state index in [4.69, 9.17) is 11.6 Å². The van der Waals surface area contributed by atoms with Gasteiger partial charge >= 0.3 is 0 Å². The first-order valence-corrected chi connectivity index (χ1v) is 6.54. The van der Waals surface area contributed by atoms with Gasteiger partial charge in [-0.3, -0.25) is 0 Å². The summed E-state index contributed by atoms with van der Waals surface area (Å²) in [6, 6.07) is 14.7. The molecule has 0 aliphatic carbocycles. The Hall–Kier alpha value is -2.33. The zero-order chi connectivity index (χ0) is 13.9. The molecule has 0 aliphatic rings. The number of phenols is 1. The van der Waals surface area contributed by atoms with Crippen LogP contribution in [0.25, 0.3) is 11.3 Å². The number of hydrogen-bond donors (Lipinski definition) is 1. The Morgan fingerprint density at radius 1 is 1.05 bits per heavy atom. The highest BCUT2D eigenvalue weighted by atomic mass is 35.5. The van der Waals surface area contributed by atoms with E-state index in [1.807, 2.05) is 42.6 Å². The fourth-order valence-corrected chi connectivity index (χ4v) is 2.22. The van der Waals surface area contributed by atoms with Crippen molar-refractivity contribution < 1.29 is 5.11 Å². The van der Waals surface area contributed by atoms with E-state index < -0.39 is 0 Å². The molecule has 0 spiro atoms. The van der Waals surface area contributed by atoms with Crippen molar-refractivity contribution in [2.45, 2.75) is 6.54 Å². The van der Waals surface area contributed by atoms with Gasteiger partial charge in [0.05, 0.1) is 17.8 Å². The molecular weight excluding hydrogens is 274 g/mol. The van der Waals surface area contributed by atoms with Gasteiger partial charge in [0.1, 0.15) is 11.4 Å². The third kappa shape index (κ3) is 2.51. The van der Waals surface area contributed by atoms with Crippen LogP contribution in [0, 0.1) is 0 Å². The van der Waals surface area contributed by atoms with E-state index in [9.17, 15) is 5.11 Å². The maximum atomic E-state index is 9.76. The zero-order valence-corrected chi connectivity index (χ0v) is 11.3. The molecule has 4 nitrogen and oxygen atoms in total. The van der Waals surface area contributed by atoms with Gasteiger partial charge in [0.2, 0.25) is 0 Å². The standard InChI is InChI=1S/C15H12ClN3O/c16-13-7-3-2-6-12(13)14-10-19(18-17-14)9-11-5-1-4-8-15(11)20/h1-8,10,20H,9H2. The van der Waals surface area contributed by atoms with E-state index in [2.05, 4.69) is 10.3 Å². The summed E-state index contributed by atoms with van der Waals surface area (Å²) in [6.45, 7) is 0.462. The Balaban J connectivity index is 1.88. The van der Waals surface area contributed by atoms with Gasteiger partial charge in [-0.05, 0) is 12.1 Å². The van der Waals surface area contributed by atoms with Crippen LogP contribution in [-0.4, -0.2) is 20.1 Å². The average Bonchev–Trinajstić information content (AvgIpc) is 2.90. The maximum Gasteiger partial charge on any atom is 0.120 e. The Morgan fingerprint density at radius 2 is 1.80 bits per heavy atom. The molecule has 1 N–H and O–H groups in total. The summed E-state index contributed by atoms with van der Waals surface area (Å²) in [5, 5.41) is 18.6. The number of para-hydroxylation sites is 1. The average molecular weight is 286 g/mol. The smallest absolute Gasteiger partial charge is 0.120 e. The fourth-order valence-electron chi connectivity index (χ4n) is 1.99. The maximum absolute atomic E-state index is 9.76. The molecular formula is C15H12ClN3O. The summed E-state index contributed by atoms with van der Waals surface area (Å²) in [7, 11) is 0. The van der Waals surface area contributed by atoms with Gasteiger partial charge < -0.3 is 5.11 Å². The summed E-state index contributed by atoms with van der Waals surface area (Å²) in [4.78, 5) is 0. The number of halogens is 1. The molecule has 0 radical (unpaired) electrons. The zero-order valence-electron chi connectivity index (χ0n) is 10.6. The molecule has 1 aromatic heterocycles. The van der Waals surface area contributed by atoms with Crippen molar-refractivity contribution >= 4 is 11.6 Å². The molecule has 3 aromatic rings. The molecule has 0 amide bonds. The lowest BCUT2D eigenvalue weighted by atomic mass is 10.2. The first-order chi connectivity index (χ1) is 9.74. The van der Waals surface area contributed by atoms with Crippen LogP contribution in [0.5, 0.6) is 5.75 Å². The predicted molar refractivity (Wildman–Crippen MR) is 77.7 cm³/mol. The second-order valence-electron chi connectivity index (χ2n) is 4.41. The molecule has 3 rings (SSSR count). The van der Waals surface area contributed by atoms with Crippen LogP contribution in [0.3, 0.4) is 0 Å². The van der Waals surface area contributed by atoms with Gasteiger partial charge in [-0.1, -0.05) is 53.2 Å². The van der Waals surface area contributed by atoms with Crippen LogP contribution in [-0.2, 0) is 6.54 Å². The minimum absolute atomic E-state index is 0.252. The molecule has 20 heavy (non-hydrogen) atoms. The second-order valence-corrected chi connectivity index (χ2v) is 4.82. The summed E-state index contributed by atoms with van der Waals surface area (Å²) in [5.41, 5.74) is 2.35. The van der Waals surface area contributed by atoms with Crippen LogP contribution in [0.1, 0.15) is 5.56 Å². The van der Waals surface area contributed by atoms with E-state index in [1.165, 1.54) is 0 Å². The van der Waals surface area contributed by atoms with Crippen molar-refractivity contribution in [2.24, 2.45) is 0 Å². The SMILES string of the molecule is Oc1ccccc1Cn1cc(-c2ccccc2Cl)nn1. The molecule has 5 heteroatoms. The van der Waals surface area contributed by atoms with Crippen molar-refractivity contribution in [3.05, 3.63) is 65.3 Å². The molecule has 0 saturated heterocycles. The van der Waals surface area contributed by atoms with E-state index in [-0.39, 0.29) is 5.75 Å². The van der Waals surface area contributed by atoms with Crippen molar-refractivity contribution in [3.8, 4) is 17.0 Å². The number of aromatic hydroxyl groups is 1. The Labute approximate surface area is 121 Å². The van der Waals surface area contributed by atoms with Crippen molar-refractivity contribution in [2.75, 3.05) is 0 Å². The van der Waals surface area contributed by atoms with Crippen molar-refractivity contribution in [3.63, 3.8) is 0 Å². The van der Waals surface area contributed by atoms with Crippen LogP contribution in [0.2, 0.25) is 5.02 Å². The molecule has 2 aromatic carbocycles. The Kier molecular flexibility index (Phi) is 3.39. The highest BCUT2D eigenvalue weighted by Crippen LogP contribution is 2.25. The topological polar surface area (TPSA) is 50.9 Å². The van der Waals surface area contributed by atoms with E-state index in [0.29, 0.717) is 17.3 Å². The fraction of sp³-hybridized carbons (Fsp3) is 0.0667. The van der Waals surface area contributed by atoms with Crippen LogP contribution in [0.15, 0.2) is 54.7 Å². The highest BCUT2D eigenvalue weighted by Gasteiger charge is 2.08. The summed E-state index contributed by atoms with van der Waals surface area (Å²) >= 11 is 6.14. The van der Waals surface area contributed by atoms with Gasteiger partial charge in [-0.15, -0.1) is 5.10 Å². The summed E-state index contributed by atoms with van der Waals surface area (Å²) in [6.07, 6.45) is 1.81. The van der Waals surface area contributed by atoms with Gasteiger partial charge in [-0.2, -0.15) is 0 Å². The van der Waals surface area contributed by atoms with Crippen LogP contribution in [0.4, 0.5) is 0 Å². The highest BCUT2D eigenvalue weighted by molar-refractivity contribution is 6.33. The summed E-state index contributed by atoms with van der Waals surface area (Å²) < 4.78 is 1.67. The lowest BCUT2D eigenvalue weighted by molar-refractivity contribution is 0.463. The molecule has 100 valence electrons. The quantitative estimate of drug-likeness (QED) is 0.803. The van der Waals surface area contributed by atoms with Crippen LogP contribution >= 0.6 is 11.6 Å².